The predicted molar refractivity (Wildman–Crippen MR) is 69.9 cm³/mol. The molecule has 0 aliphatic heterocycles. The van der Waals surface area contributed by atoms with Crippen molar-refractivity contribution in [1.82, 2.24) is 10.2 Å². The molecular formula is C13H18N2O4. The molecule has 0 fully saturated rings. The molecule has 2 amide bonds. The minimum absolute atomic E-state index is 0.112. The van der Waals surface area contributed by atoms with Crippen LogP contribution in [0.4, 0.5) is 4.79 Å². The lowest BCUT2D eigenvalue weighted by Gasteiger charge is -2.15. The predicted octanol–water partition coefficient (Wildman–Crippen LogP) is 1.01. The molecule has 1 aromatic rings. The number of methoxy groups -OCH3 is 2. The molecule has 0 saturated carbocycles. The van der Waals surface area contributed by atoms with Crippen LogP contribution < -0.4 is 10.1 Å². The largest absolute Gasteiger partial charge is 0.497 e. The number of nitrogens with zero attached hydrogens (tertiary/aromatic N) is 1. The van der Waals surface area contributed by atoms with Crippen LogP contribution in [0, 0.1) is 0 Å². The molecule has 1 N–H and O–H groups in total. The number of alkyl carbamates (subject to hydrolysis) is 1. The fourth-order valence-electron chi connectivity index (χ4n) is 1.55. The number of ether oxygens (including phenoxy) is 2. The third kappa shape index (κ3) is 5.39. The van der Waals surface area contributed by atoms with Crippen LogP contribution in [0.3, 0.4) is 0 Å². The number of imide groups is 1. The zero-order valence-electron chi connectivity index (χ0n) is 11.3. The number of carbonyl (C=O) groups is 2. The van der Waals surface area contributed by atoms with E-state index in [2.05, 4.69) is 10.1 Å². The molecule has 1 rings (SSSR count). The number of hydrogen-bond acceptors (Lipinski definition) is 5. The van der Waals surface area contributed by atoms with E-state index >= 15 is 0 Å². The van der Waals surface area contributed by atoms with Crippen LogP contribution in [0.25, 0.3) is 0 Å². The van der Waals surface area contributed by atoms with Gasteiger partial charge in [-0.2, -0.15) is 0 Å². The maximum absolute atomic E-state index is 11.4. The Hall–Kier alpha value is -2.08. The molecule has 19 heavy (non-hydrogen) atoms. The fraction of sp³-hybridized carbons (Fsp3) is 0.385. The van der Waals surface area contributed by atoms with Crippen molar-refractivity contribution >= 4 is 12.0 Å². The Labute approximate surface area is 112 Å². The molecule has 1 aromatic carbocycles. The van der Waals surface area contributed by atoms with Crippen molar-refractivity contribution in [3.05, 3.63) is 29.8 Å². The van der Waals surface area contributed by atoms with E-state index in [1.807, 2.05) is 24.3 Å². The topological polar surface area (TPSA) is 67.9 Å². The van der Waals surface area contributed by atoms with E-state index in [9.17, 15) is 9.59 Å². The molecule has 6 heteroatoms. The Morgan fingerprint density at radius 2 is 1.84 bits per heavy atom. The number of nitrogens with one attached hydrogen (secondary N) is 1. The lowest BCUT2D eigenvalue weighted by molar-refractivity contribution is -0.121. The van der Waals surface area contributed by atoms with Crippen molar-refractivity contribution in [3.8, 4) is 5.75 Å². The van der Waals surface area contributed by atoms with E-state index in [1.165, 1.54) is 7.11 Å². The molecule has 0 atom stereocenters. The van der Waals surface area contributed by atoms with Gasteiger partial charge in [0.25, 0.3) is 0 Å². The summed E-state index contributed by atoms with van der Waals surface area (Å²) in [7, 11) is 4.61. The Kier molecular flexibility index (Phi) is 5.81. The van der Waals surface area contributed by atoms with Crippen molar-refractivity contribution in [2.24, 2.45) is 0 Å². The van der Waals surface area contributed by atoms with Gasteiger partial charge >= 0.3 is 6.09 Å². The van der Waals surface area contributed by atoms with Gasteiger partial charge < -0.3 is 9.47 Å². The first-order chi connectivity index (χ1) is 9.05. The second-order valence-corrected chi connectivity index (χ2v) is 4.06. The highest BCUT2D eigenvalue weighted by Gasteiger charge is 2.10. The number of benzene rings is 1. The van der Waals surface area contributed by atoms with Gasteiger partial charge in [-0.15, -0.1) is 0 Å². The standard InChI is InChI=1S/C13H18N2O4/c1-15(9-12(16)14-13(17)19-3)8-10-4-6-11(18-2)7-5-10/h4-7H,8-9H2,1-3H3,(H,14,16,17). The minimum atomic E-state index is -0.747. The quantitative estimate of drug-likeness (QED) is 0.861. The summed E-state index contributed by atoms with van der Waals surface area (Å²) in [6, 6.07) is 7.57. The Balaban J connectivity index is 2.43. The Morgan fingerprint density at radius 1 is 1.21 bits per heavy atom. The monoisotopic (exact) mass is 266 g/mol. The highest BCUT2D eigenvalue weighted by Crippen LogP contribution is 2.12. The third-order valence-electron chi connectivity index (χ3n) is 2.45. The Bertz CT molecular complexity index is 431. The summed E-state index contributed by atoms with van der Waals surface area (Å²) in [5.41, 5.74) is 1.05. The smallest absolute Gasteiger partial charge is 0.413 e. The summed E-state index contributed by atoms with van der Waals surface area (Å²) in [6.45, 7) is 0.708. The summed E-state index contributed by atoms with van der Waals surface area (Å²) in [5.74, 6) is 0.387. The first-order valence-corrected chi connectivity index (χ1v) is 5.74. The second kappa shape index (κ2) is 7.38. The van der Waals surface area contributed by atoms with Crippen molar-refractivity contribution in [3.63, 3.8) is 0 Å². The molecule has 0 heterocycles. The normalized spacial score (nSPS) is 10.1. The lowest BCUT2D eigenvalue weighted by atomic mass is 10.2. The van der Waals surface area contributed by atoms with Crippen LogP contribution in [0.15, 0.2) is 24.3 Å². The molecule has 0 spiro atoms. The lowest BCUT2D eigenvalue weighted by Crippen LogP contribution is -2.38. The van der Waals surface area contributed by atoms with Gasteiger partial charge in [0.15, 0.2) is 0 Å². The van der Waals surface area contributed by atoms with E-state index in [0.717, 1.165) is 11.3 Å². The van der Waals surface area contributed by atoms with Crippen molar-refractivity contribution in [2.45, 2.75) is 6.54 Å². The molecule has 0 aliphatic carbocycles. The maximum Gasteiger partial charge on any atom is 0.413 e. The fourth-order valence-corrected chi connectivity index (χ4v) is 1.55. The van der Waals surface area contributed by atoms with Gasteiger partial charge in [-0.05, 0) is 24.7 Å². The molecule has 0 radical (unpaired) electrons. The van der Waals surface area contributed by atoms with E-state index in [4.69, 9.17) is 4.74 Å². The average Bonchev–Trinajstić information content (AvgIpc) is 2.39. The van der Waals surface area contributed by atoms with Crippen molar-refractivity contribution < 1.29 is 19.1 Å². The first-order valence-electron chi connectivity index (χ1n) is 5.74. The number of amides is 2. The van der Waals surface area contributed by atoms with Crippen LogP contribution in [-0.4, -0.2) is 44.7 Å². The van der Waals surface area contributed by atoms with Gasteiger partial charge in [-0.1, -0.05) is 12.1 Å². The summed E-state index contributed by atoms with van der Waals surface area (Å²) < 4.78 is 9.41. The van der Waals surface area contributed by atoms with Crippen molar-refractivity contribution in [1.29, 1.82) is 0 Å². The first kappa shape index (κ1) is 15.0. The SMILES string of the molecule is COC(=O)NC(=O)CN(C)Cc1ccc(OC)cc1. The average molecular weight is 266 g/mol. The summed E-state index contributed by atoms with van der Waals surface area (Å²) in [5, 5.41) is 2.10. The maximum atomic E-state index is 11.4. The summed E-state index contributed by atoms with van der Waals surface area (Å²) >= 11 is 0. The summed E-state index contributed by atoms with van der Waals surface area (Å²) in [4.78, 5) is 24.1. The van der Waals surface area contributed by atoms with Gasteiger partial charge in [-0.3, -0.25) is 15.0 Å². The Morgan fingerprint density at radius 3 is 2.37 bits per heavy atom. The van der Waals surface area contributed by atoms with E-state index in [0.29, 0.717) is 6.54 Å². The molecule has 6 nitrogen and oxygen atoms in total. The molecular weight excluding hydrogens is 248 g/mol. The van der Waals surface area contributed by atoms with Crippen LogP contribution in [0.1, 0.15) is 5.56 Å². The van der Waals surface area contributed by atoms with Crippen LogP contribution in [-0.2, 0) is 16.1 Å². The van der Waals surface area contributed by atoms with Gasteiger partial charge in [0, 0.05) is 6.54 Å². The molecule has 0 aromatic heterocycles. The van der Waals surface area contributed by atoms with E-state index < -0.39 is 12.0 Å². The van der Waals surface area contributed by atoms with E-state index in [-0.39, 0.29) is 6.54 Å². The molecule has 0 bridgehead atoms. The number of rotatable bonds is 5. The number of hydrogen-bond donors (Lipinski definition) is 1. The molecule has 0 aliphatic rings. The zero-order chi connectivity index (χ0) is 14.3. The molecule has 0 unspecified atom stereocenters. The van der Waals surface area contributed by atoms with Gasteiger partial charge in [0.2, 0.25) is 5.91 Å². The van der Waals surface area contributed by atoms with Gasteiger partial charge in [0.05, 0.1) is 20.8 Å². The third-order valence-corrected chi connectivity index (χ3v) is 2.45. The highest BCUT2D eigenvalue weighted by molar-refractivity contribution is 5.92. The van der Waals surface area contributed by atoms with Crippen LogP contribution in [0.5, 0.6) is 5.75 Å². The molecule has 104 valence electrons. The summed E-state index contributed by atoms with van der Waals surface area (Å²) in [6.07, 6.45) is -0.747. The van der Waals surface area contributed by atoms with Crippen LogP contribution in [0.2, 0.25) is 0 Å². The van der Waals surface area contributed by atoms with Crippen LogP contribution >= 0.6 is 0 Å². The number of likely N-dealkylation sites (N-methyl/N-ethyl adjacent to an activating group) is 1. The highest BCUT2D eigenvalue weighted by atomic mass is 16.5. The number of carbonyl (C=O) groups excluding carboxylic acids is 2. The molecule has 0 saturated heterocycles. The van der Waals surface area contributed by atoms with Gasteiger partial charge in [-0.25, -0.2) is 4.79 Å². The van der Waals surface area contributed by atoms with Gasteiger partial charge in [0.1, 0.15) is 5.75 Å². The van der Waals surface area contributed by atoms with E-state index in [1.54, 1.807) is 19.1 Å². The second-order valence-electron chi connectivity index (χ2n) is 4.06. The van der Waals surface area contributed by atoms with Crippen molar-refractivity contribution in [2.75, 3.05) is 27.8 Å². The zero-order valence-corrected chi connectivity index (χ0v) is 11.3. The minimum Gasteiger partial charge on any atom is -0.497 e.